The predicted octanol–water partition coefficient (Wildman–Crippen LogP) is 3.77. The van der Waals surface area contributed by atoms with Crippen molar-refractivity contribution in [2.45, 2.75) is 12.6 Å². The van der Waals surface area contributed by atoms with E-state index in [1.165, 1.54) is 24.5 Å². The van der Waals surface area contributed by atoms with E-state index in [1.54, 1.807) is 24.5 Å². The van der Waals surface area contributed by atoms with Crippen LogP contribution >= 0.6 is 0 Å². The molecule has 2 heterocycles. The summed E-state index contributed by atoms with van der Waals surface area (Å²) in [6, 6.07) is 5.46. The first-order valence-electron chi connectivity index (χ1n) is 9.19. The first-order chi connectivity index (χ1) is 15.2. The van der Waals surface area contributed by atoms with Crippen LogP contribution in [-0.2, 0) is 11.0 Å². The number of alkyl halides is 3. The van der Waals surface area contributed by atoms with Crippen molar-refractivity contribution in [3.63, 3.8) is 0 Å². The van der Waals surface area contributed by atoms with Crippen molar-refractivity contribution < 1.29 is 22.8 Å². The normalized spacial score (nSPS) is 11.3. The second kappa shape index (κ2) is 9.69. The molecule has 1 aromatic carbocycles. The summed E-state index contributed by atoms with van der Waals surface area (Å²) >= 11 is 0. The third-order valence-corrected chi connectivity index (χ3v) is 4.08. The van der Waals surface area contributed by atoms with Crippen molar-refractivity contribution in [1.82, 2.24) is 15.0 Å². The minimum atomic E-state index is -4.54. The van der Waals surface area contributed by atoms with Crippen LogP contribution in [0.4, 0.5) is 30.2 Å². The minimum Gasteiger partial charge on any atom is -0.397 e. The molecule has 0 aliphatic rings. The number of carbonyl (C=O) groups is 2. The van der Waals surface area contributed by atoms with Crippen LogP contribution in [0.1, 0.15) is 28.2 Å². The molecule has 0 radical (unpaired) electrons. The zero-order valence-corrected chi connectivity index (χ0v) is 16.4. The molecule has 0 bridgehead atoms. The first-order valence-corrected chi connectivity index (χ1v) is 9.19. The van der Waals surface area contributed by atoms with Gasteiger partial charge in [0.1, 0.15) is 5.69 Å². The van der Waals surface area contributed by atoms with Gasteiger partial charge in [-0.3, -0.25) is 19.6 Å². The van der Waals surface area contributed by atoms with E-state index in [-0.39, 0.29) is 29.4 Å². The average molecular weight is 442 g/mol. The number of nitrogen functional groups attached to an aromatic ring is 1. The molecule has 3 rings (SSSR count). The molecule has 0 saturated heterocycles. The molecule has 32 heavy (non-hydrogen) atoms. The summed E-state index contributed by atoms with van der Waals surface area (Å²) < 4.78 is 38.1. The smallest absolute Gasteiger partial charge is 0.397 e. The molecule has 164 valence electrons. The van der Waals surface area contributed by atoms with Crippen molar-refractivity contribution in [2.24, 2.45) is 0 Å². The number of aromatic nitrogens is 3. The van der Waals surface area contributed by atoms with E-state index in [1.807, 2.05) is 0 Å². The summed E-state index contributed by atoms with van der Waals surface area (Å²) in [7, 11) is 0. The third kappa shape index (κ3) is 6.11. The topological polar surface area (TPSA) is 123 Å². The molecule has 0 aliphatic carbocycles. The lowest BCUT2D eigenvalue weighted by atomic mass is 10.1. The van der Waals surface area contributed by atoms with Gasteiger partial charge < -0.3 is 16.4 Å². The summed E-state index contributed by atoms with van der Waals surface area (Å²) in [5.41, 5.74) is 5.46. The zero-order valence-electron chi connectivity index (χ0n) is 16.4. The van der Waals surface area contributed by atoms with Crippen LogP contribution in [0, 0.1) is 0 Å². The molecule has 0 aliphatic heterocycles. The largest absolute Gasteiger partial charge is 0.416 e. The van der Waals surface area contributed by atoms with Crippen LogP contribution in [0.2, 0.25) is 0 Å². The number of hydrogen-bond acceptors (Lipinski definition) is 6. The first kappa shape index (κ1) is 22.4. The highest BCUT2D eigenvalue weighted by atomic mass is 19.4. The highest BCUT2D eigenvalue weighted by Gasteiger charge is 2.30. The van der Waals surface area contributed by atoms with E-state index < -0.39 is 17.6 Å². The number of halogens is 3. The second-order valence-corrected chi connectivity index (χ2v) is 6.47. The van der Waals surface area contributed by atoms with E-state index >= 15 is 0 Å². The Morgan fingerprint density at radius 1 is 1.03 bits per heavy atom. The molecule has 4 N–H and O–H groups in total. The Balaban J connectivity index is 1.56. The minimum absolute atomic E-state index is 0.00940. The van der Waals surface area contributed by atoms with Gasteiger partial charge in [0.2, 0.25) is 5.91 Å². The summed E-state index contributed by atoms with van der Waals surface area (Å²) in [5.74, 6) is -0.970. The van der Waals surface area contributed by atoms with Gasteiger partial charge >= 0.3 is 6.18 Å². The lowest BCUT2D eigenvalue weighted by molar-refractivity contribution is -0.137. The van der Waals surface area contributed by atoms with E-state index in [2.05, 4.69) is 25.6 Å². The van der Waals surface area contributed by atoms with Gasteiger partial charge in [-0.25, -0.2) is 4.98 Å². The van der Waals surface area contributed by atoms with E-state index in [0.717, 1.165) is 18.2 Å². The summed E-state index contributed by atoms with van der Waals surface area (Å²) in [4.78, 5) is 36.2. The summed E-state index contributed by atoms with van der Waals surface area (Å²) in [5, 5.41) is 5.03. The number of anilines is 3. The molecular weight excluding hydrogens is 425 g/mol. The number of nitrogens with one attached hydrogen (secondary N) is 2. The van der Waals surface area contributed by atoms with E-state index in [9.17, 15) is 22.8 Å². The SMILES string of the molecule is Nc1cc(C(F)(F)F)ccc1NC(=O)c1ccc(NC(=O)C/C=C/c2cnccn2)cn1. The van der Waals surface area contributed by atoms with Crippen LogP contribution in [0.3, 0.4) is 0 Å². The van der Waals surface area contributed by atoms with Crippen LogP contribution in [0.15, 0.2) is 61.2 Å². The number of pyridine rings is 1. The number of benzene rings is 1. The predicted molar refractivity (Wildman–Crippen MR) is 112 cm³/mol. The molecule has 11 heteroatoms. The zero-order chi connectivity index (χ0) is 23.1. The van der Waals surface area contributed by atoms with Gasteiger partial charge in [-0.1, -0.05) is 6.08 Å². The van der Waals surface area contributed by atoms with Gasteiger partial charge in [0.15, 0.2) is 0 Å². The maximum absolute atomic E-state index is 12.7. The van der Waals surface area contributed by atoms with Gasteiger partial charge in [0, 0.05) is 18.8 Å². The van der Waals surface area contributed by atoms with Gasteiger partial charge in [-0.05, 0) is 36.4 Å². The Hall–Kier alpha value is -4.28. The molecule has 0 spiro atoms. The van der Waals surface area contributed by atoms with Crippen LogP contribution in [-0.4, -0.2) is 26.8 Å². The Bertz CT molecular complexity index is 1130. The van der Waals surface area contributed by atoms with Crippen molar-refractivity contribution in [3.8, 4) is 0 Å². The van der Waals surface area contributed by atoms with E-state index in [0.29, 0.717) is 11.4 Å². The van der Waals surface area contributed by atoms with Gasteiger partial charge in [0.05, 0.1) is 40.7 Å². The lowest BCUT2D eigenvalue weighted by Gasteiger charge is -2.12. The number of hydrogen-bond donors (Lipinski definition) is 3. The molecule has 0 fully saturated rings. The van der Waals surface area contributed by atoms with Gasteiger partial charge in [-0.15, -0.1) is 0 Å². The number of amides is 2. The number of nitrogens with two attached hydrogens (primary N) is 1. The molecule has 2 amide bonds. The average Bonchev–Trinajstić information content (AvgIpc) is 2.75. The number of carbonyl (C=O) groups excluding carboxylic acids is 2. The van der Waals surface area contributed by atoms with E-state index in [4.69, 9.17) is 5.73 Å². The molecule has 8 nitrogen and oxygen atoms in total. The highest BCUT2D eigenvalue weighted by molar-refractivity contribution is 6.04. The number of rotatable bonds is 6. The monoisotopic (exact) mass is 442 g/mol. The van der Waals surface area contributed by atoms with Gasteiger partial charge in [0.25, 0.3) is 5.91 Å². The number of nitrogens with zero attached hydrogens (tertiary/aromatic N) is 3. The standard InChI is InChI=1S/C21H17F3N6O2/c22-21(23,24)13-4-6-17(16(25)10-13)30-20(32)18-7-5-15(12-28-18)29-19(31)3-1-2-14-11-26-8-9-27-14/h1-2,4-12H,3,25H2,(H,29,31)(H,30,32)/b2-1+. The molecule has 0 atom stereocenters. The second-order valence-electron chi connectivity index (χ2n) is 6.47. The molecular formula is C21H17F3N6O2. The Kier molecular flexibility index (Phi) is 6.78. The molecule has 2 aromatic heterocycles. The fourth-order valence-corrected chi connectivity index (χ4v) is 2.54. The van der Waals surface area contributed by atoms with Gasteiger partial charge in [-0.2, -0.15) is 13.2 Å². The molecule has 0 saturated carbocycles. The summed E-state index contributed by atoms with van der Waals surface area (Å²) in [6.45, 7) is 0. The van der Waals surface area contributed by atoms with Crippen LogP contribution in [0.25, 0.3) is 6.08 Å². The van der Waals surface area contributed by atoms with Crippen LogP contribution < -0.4 is 16.4 Å². The third-order valence-electron chi connectivity index (χ3n) is 4.08. The van der Waals surface area contributed by atoms with Crippen molar-refractivity contribution in [3.05, 3.63) is 78.1 Å². The van der Waals surface area contributed by atoms with Crippen molar-refractivity contribution >= 4 is 35.0 Å². The van der Waals surface area contributed by atoms with Crippen molar-refractivity contribution in [2.75, 3.05) is 16.4 Å². The Labute approximate surface area is 180 Å². The van der Waals surface area contributed by atoms with Crippen LogP contribution in [0.5, 0.6) is 0 Å². The van der Waals surface area contributed by atoms with Crippen molar-refractivity contribution in [1.29, 1.82) is 0 Å². The Morgan fingerprint density at radius 2 is 1.84 bits per heavy atom. The highest BCUT2D eigenvalue weighted by Crippen LogP contribution is 2.32. The molecule has 0 unspecified atom stereocenters. The fraction of sp³-hybridized carbons (Fsp3) is 0.0952. The maximum Gasteiger partial charge on any atom is 0.416 e. The lowest BCUT2D eigenvalue weighted by Crippen LogP contribution is -2.16. The molecule has 3 aromatic rings. The summed E-state index contributed by atoms with van der Waals surface area (Å²) in [6.07, 6.45) is 4.76. The fourth-order valence-electron chi connectivity index (χ4n) is 2.54. The maximum atomic E-state index is 12.7. The Morgan fingerprint density at radius 3 is 2.47 bits per heavy atom. The quantitative estimate of drug-likeness (QED) is 0.500.